The third-order valence-electron chi connectivity index (χ3n) is 2.52. The molecule has 0 radical (unpaired) electrons. The van der Waals surface area contributed by atoms with Crippen LogP contribution in [-0.2, 0) is 4.79 Å². The van der Waals surface area contributed by atoms with Crippen LogP contribution in [0, 0.1) is 18.7 Å². The van der Waals surface area contributed by atoms with E-state index in [0.29, 0.717) is 24.3 Å². The number of hydrogen-bond donors (Lipinski definition) is 1. The van der Waals surface area contributed by atoms with E-state index < -0.39 is 0 Å². The molecule has 3 heteroatoms. The first-order valence-corrected chi connectivity index (χ1v) is 7.47. The van der Waals surface area contributed by atoms with Gasteiger partial charge in [-0.1, -0.05) is 52.5 Å². The summed E-state index contributed by atoms with van der Waals surface area (Å²) >= 11 is 0. The summed E-state index contributed by atoms with van der Waals surface area (Å²) in [5.41, 5.74) is 1.62. The Bertz CT molecular complexity index is 392. The van der Waals surface area contributed by atoms with E-state index in [9.17, 15) is 9.18 Å². The summed E-state index contributed by atoms with van der Waals surface area (Å²) in [6, 6.07) is 6.70. The molecule has 1 aromatic carbocycles. The Labute approximate surface area is 129 Å². The Morgan fingerprint density at radius 1 is 1.29 bits per heavy atom. The summed E-state index contributed by atoms with van der Waals surface area (Å²) in [5.74, 6) is 0.327. The fraction of sp³-hybridized carbons (Fsp3) is 0.500. The molecule has 21 heavy (non-hydrogen) atoms. The van der Waals surface area contributed by atoms with Crippen LogP contribution in [0.1, 0.15) is 46.6 Å². The third-order valence-corrected chi connectivity index (χ3v) is 2.52. The molecule has 120 valence electrons. The average molecular weight is 295 g/mol. The smallest absolute Gasteiger partial charge is 0.137 e. The second kappa shape index (κ2) is 13.3. The zero-order chi connectivity index (χ0) is 16.8. The summed E-state index contributed by atoms with van der Waals surface area (Å²) in [6.45, 7) is 15.9. The van der Waals surface area contributed by atoms with Gasteiger partial charge in [0.2, 0.25) is 0 Å². The van der Waals surface area contributed by atoms with Crippen molar-refractivity contribution in [1.29, 1.82) is 0 Å². The largest absolute Gasteiger partial charge is 0.389 e. The zero-order valence-corrected chi connectivity index (χ0v) is 14.3. The molecule has 0 aliphatic carbocycles. The van der Waals surface area contributed by atoms with Gasteiger partial charge in [-0.15, -0.1) is 0 Å². The lowest BCUT2D eigenvalue weighted by Crippen LogP contribution is -2.18. The van der Waals surface area contributed by atoms with E-state index in [-0.39, 0.29) is 11.7 Å². The molecular formula is C18H30FNO. The summed E-state index contributed by atoms with van der Waals surface area (Å²) in [5, 5.41) is 3.02. The predicted octanol–water partition coefficient (Wildman–Crippen LogP) is 4.89. The molecule has 0 atom stereocenters. The van der Waals surface area contributed by atoms with Gasteiger partial charge >= 0.3 is 0 Å². The molecule has 0 aliphatic heterocycles. The highest BCUT2D eigenvalue weighted by atomic mass is 19.1. The predicted molar refractivity (Wildman–Crippen MR) is 89.8 cm³/mol. The Morgan fingerprint density at radius 3 is 2.14 bits per heavy atom. The van der Waals surface area contributed by atoms with Gasteiger partial charge in [-0.3, -0.25) is 4.79 Å². The van der Waals surface area contributed by atoms with Crippen molar-refractivity contribution >= 4 is 5.78 Å². The Balaban J connectivity index is 0. The van der Waals surface area contributed by atoms with E-state index in [1.54, 1.807) is 19.1 Å². The molecule has 0 fully saturated rings. The van der Waals surface area contributed by atoms with Crippen LogP contribution in [0.15, 0.2) is 36.5 Å². The maximum atomic E-state index is 12.3. The van der Waals surface area contributed by atoms with Crippen molar-refractivity contribution < 1.29 is 9.18 Å². The minimum absolute atomic E-state index is 0.132. The SMILES string of the molecule is C=C(C)NCCC(=O)C(C)C.CC.Cc1ccccc1F. The number of carbonyl (C=O) groups excluding carboxylic acids is 1. The van der Waals surface area contributed by atoms with Crippen molar-refractivity contribution in [2.24, 2.45) is 5.92 Å². The summed E-state index contributed by atoms with van der Waals surface area (Å²) in [4.78, 5) is 11.1. The molecule has 1 aromatic rings. The van der Waals surface area contributed by atoms with Gasteiger partial charge in [0.15, 0.2) is 0 Å². The van der Waals surface area contributed by atoms with E-state index in [4.69, 9.17) is 0 Å². The number of benzene rings is 1. The zero-order valence-electron chi connectivity index (χ0n) is 14.3. The number of allylic oxidation sites excluding steroid dienone is 1. The van der Waals surface area contributed by atoms with Gasteiger partial charge in [-0.25, -0.2) is 4.39 Å². The molecule has 0 unspecified atom stereocenters. The molecule has 0 spiro atoms. The molecular weight excluding hydrogens is 265 g/mol. The van der Waals surface area contributed by atoms with Gasteiger partial charge in [0.05, 0.1) is 0 Å². The molecule has 0 amide bonds. The van der Waals surface area contributed by atoms with Crippen molar-refractivity contribution in [2.45, 2.75) is 48.0 Å². The number of nitrogens with one attached hydrogen (secondary N) is 1. The van der Waals surface area contributed by atoms with Crippen molar-refractivity contribution in [1.82, 2.24) is 5.32 Å². The van der Waals surface area contributed by atoms with Crippen LogP contribution in [0.5, 0.6) is 0 Å². The summed E-state index contributed by atoms with van der Waals surface area (Å²) in [6.07, 6.45) is 0.602. The maximum Gasteiger partial charge on any atom is 0.137 e. The highest BCUT2D eigenvalue weighted by Gasteiger charge is 2.05. The van der Waals surface area contributed by atoms with Gasteiger partial charge in [-0.2, -0.15) is 0 Å². The van der Waals surface area contributed by atoms with Gasteiger partial charge < -0.3 is 5.32 Å². The van der Waals surface area contributed by atoms with Crippen molar-refractivity contribution in [3.05, 3.63) is 47.9 Å². The topological polar surface area (TPSA) is 29.1 Å². The summed E-state index contributed by atoms with van der Waals surface area (Å²) in [7, 11) is 0. The van der Waals surface area contributed by atoms with E-state index in [1.807, 2.05) is 40.7 Å². The number of halogens is 1. The third kappa shape index (κ3) is 13.1. The van der Waals surface area contributed by atoms with Crippen LogP contribution in [-0.4, -0.2) is 12.3 Å². The molecule has 0 saturated heterocycles. The van der Waals surface area contributed by atoms with Crippen molar-refractivity contribution in [3.63, 3.8) is 0 Å². The molecule has 0 aliphatic rings. The van der Waals surface area contributed by atoms with E-state index in [1.165, 1.54) is 6.07 Å². The van der Waals surface area contributed by atoms with Crippen LogP contribution in [0.3, 0.4) is 0 Å². The number of Topliss-reactive ketones (excluding diaryl/α,β-unsaturated/α-hetero) is 1. The van der Waals surface area contributed by atoms with Gasteiger partial charge in [-0.05, 0) is 25.5 Å². The second-order valence-corrected chi connectivity index (χ2v) is 4.83. The first kappa shape index (κ1) is 21.7. The lowest BCUT2D eigenvalue weighted by molar-refractivity contribution is -0.121. The normalized spacial score (nSPS) is 8.95. The Hall–Kier alpha value is -1.64. The minimum atomic E-state index is -0.132. The molecule has 1 rings (SSSR count). The van der Waals surface area contributed by atoms with E-state index >= 15 is 0 Å². The standard InChI is InChI=1S/C9H17NO.C7H7F.C2H6/c1-7(2)9(11)5-6-10-8(3)4;1-6-4-2-3-5-7(6)8;1-2/h7,10H,3,5-6H2,1-2,4H3;2-5H,1H3;1-2H3. The van der Waals surface area contributed by atoms with Crippen LogP contribution in [0.2, 0.25) is 0 Å². The monoisotopic (exact) mass is 295 g/mol. The number of ketones is 1. The Morgan fingerprint density at radius 2 is 1.81 bits per heavy atom. The first-order valence-electron chi connectivity index (χ1n) is 7.47. The number of hydrogen-bond acceptors (Lipinski definition) is 2. The van der Waals surface area contributed by atoms with Gasteiger partial charge in [0.25, 0.3) is 0 Å². The van der Waals surface area contributed by atoms with Crippen LogP contribution < -0.4 is 5.32 Å². The molecule has 0 saturated carbocycles. The highest BCUT2D eigenvalue weighted by molar-refractivity contribution is 5.80. The van der Waals surface area contributed by atoms with Crippen LogP contribution >= 0.6 is 0 Å². The van der Waals surface area contributed by atoms with Crippen molar-refractivity contribution in [3.8, 4) is 0 Å². The van der Waals surface area contributed by atoms with Gasteiger partial charge in [0.1, 0.15) is 11.6 Å². The van der Waals surface area contributed by atoms with Crippen molar-refractivity contribution in [2.75, 3.05) is 6.54 Å². The molecule has 2 nitrogen and oxygen atoms in total. The number of carbonyl (C=O) groups is 1. The molecule has 1 N–H and O–H groups in total. The number of aryl methyl sites for hydroxylation is 1. The molecule has 0 aromatic heterocycles. The fourth-order valence-corrected chi connectivity index (χ4v) is 1.24. The lowest BCUT2D eigenvalue weighted by atomic mass is 10.1. The van der Waals surface area contributed by atoms with E-state index in [0.717, 1.165) is 5.70 Å². The Kier molecular flexibility index (Phi) is 13.8. The van der Waals surface area contributed by atoms with Crippen LogP contribution in [0.25, 0.3) is 0 Å². The van der Waals surface area contributed by atoms with Crippen LogP contribution in [0.4, 0.5) is 4.39 Å². The minimum Gasteiger partial charge on any atom is -0.389 e. The maximum absolute atomic E-state index is 12.3. The van der Waals surface area contributed by atoms with E-state index in [2.05, 4.69) is 11.9 Å². The summed E-state index contributed by atoms with van der Waals surface area (Å²) < 4.78 is 12.3. The molecule has 0 heterocycles. The lowest BCUT2D eigenvalue weighted by Gasteiger charge is -2.05. The molecule has 0 bridgehead atoms. The quantitative estimate of drug-likeness (QED) is 0.838. The highest BCUT2D eigenvalue weighted by Crippen LogP contribution is 2.02. The number of rotatable bonds is 5. The second-order valence-electron chi connectivity index (χ2n) is 4.83. The van der Waals surface area contributed by atoms with Gasteiger partial charge in [0, 0.05) is 24.6 Å². The first-order chi connectivity index (χ1) is 9.84. The average Bonchev–Trinajstić information content (AvgIpc) is 2.44. The fourth-order valence-electron chi connectivity index (χ4n) is 1.24.